The molecule has 2 unspecified atom stereocenters. The van der Waals surface area contributed by atoms with Crippen LogP contribution in [-0.2, 0) is 6.54 Å². The largest absolute Gasteiger partial charge is 0.465 e. The number of hydrogen-bond donors (Lipinski definition) is 2. The van der Waals surface area contributed by atoms with Gasteiger partial charge in [-0.1, -0.05) is 12.5 Å². The molecule has 0 radical (unpaired) electrons. The van der Waals surface area contributed by atoms with Crippen molar-refractivity contribution in [2.24, 2.45) is 0 Å². The van der Waals surface area contributed by atoms with Gasteiger partial charge in [-0.3, -0.25) is 10.2 Å². The molecular weight excluding hydrogens is 242 g/mol. The van der Waals surface area contributed by atoms with Gasteiger partial charge in [0.1, 0.15) is 5.82 Å². The molecule has 0 spiro atoms. The Morgan fingerprint density at radius 2 is 2.11 bits per heavy atom. The zero-order valence-electron chi connectivity index (χ0n) is 11.5. The molecular formula is C14H21N3O2. The summed E-state index contributed by atoms with van der Waals surface area (Å²) < 4.78 is 0. The Bertz CT molecular complexity index is 440. The molecule has 2 atom stereocenters. The highest BCUT2D eigenvalue weighted by molar-refractivity contribution is 5.81. The monoisotopic (exact) mass is 263 g/mol. The molecule has 5 heteroatoms. The zero-order chi connectivity index (χ0) is 13.8. The first kappa shape index (κ1) is 13.8. The third-order valence-electron chi connectivity index (χ3n) is 3.76. The van der Waals surface area contributed by atoms with Crippen LogP contribution in [-0.4, -0.2) is 33.2 Å². The van der Waals surface area contributed by atoms with E-state index in [1.807, 2.05) is 12.1 Å². The number of nitrogens with zero attached hydrogens (tertiary/aromatic N) is 2. The molecule has 0 bridgehead atoms. The summed E-state index contributed by atoms with van der Waals surface area (Å²) in [6.45, 7) is 5.27. The highest BCUT2D eigenvalue weighted by atomic mass is 16.4. The number of likely N-dealkylation sites (tertiary alicyclic amines) is 1. The number of anilines is 1. The molecule has 0 aromatic carbocycles. The van der Waals surface area contributed by atoms with E-state index in [-0.39, 0.29) is 0 Å². The summed E-state index contributed by atoms with van der Waals surface area (Å²) in [5.41, 5.74) is 0.909. The summed E-state index contributed by atoms with van der Waals surface area (Å²) in [4.78, 5) is 17.4. The van der Waals surface area contributed by atoms with E-state index in [0.29, 0.717) is 17.9 Å². The molecule has 2 heterocycles. The van der Waals surface area contributed by atoms with Crippen molar-refractivity contribution >= 4 is 11.9 Å². The van der Waals surface area contributed by atoms with Gasteiger partial charge in [0.2, 0.25) is 0 Å². The number of piperidine rings is 1. The first-order chi connectivity index (χ1) is 9.06. The standard InChI is InChI=1S/C14H21N3O2/c1-10-5-3-6-11(2)17(10)9-12-7-4-8-13(15-12)16-14(18)19/h4,7-8,10-11H,3,5-6,9H2,1-2H3,(H,15,16)(H,18,19). The molecule has 1 saturated heterocycles. The Balaban J connectivity index is 2.07. The van der Waals surface area contributed by atoms with E-state index in [4.69, 9.17) is 5.11 Å². The number of aromatic nitrogens is 1. The second-order valence-corrected chi connectivity index (χ2v) is 5.25. The van der Waals surface area contributed by atoms with Crippen LogP contribution in [0.2, 0.25) is 0 Å². The third kappa shape index (κ3) is 3.67. The fourth-order valence-corrected chi connectivity index (χ4v) is 2.72. The lowest BCUT2D eigenvalue weighted by atomic mass is 9.97. The van der Waals surface area contributed by atoms with Crippen LogP contribution in [0.3, 0.4) is 0 Å². The Kier molecular flexibility index (Phi) is 4.37. The smallest absolute Gasteiger partial charge is 0.410 e. The van der Waals surface area contributed by atoms with E-state index in [2.05, 4.69) is 29.0 Å². The van der Waals surface area contributed by atoms with E-state index in [9.17, 15) is 4.79 Å². The van der Waals surface area contributed by atoms with Crippen molar-refractivity contribution in [1.82, 2.24) is 9.88 Å². The quantitative estimate of drug-likeness (QED) is 0.880. The van der Waals surface area contributed by atoms with E-state index < -0.39 is 6.09 Å². The minimum atomic E-state index is -1.08. The first-order valence-electron chi connectivity index (χ1n) is 6.78. The summed E-state index contributed by atoms with van der Waals surface area (Å²) in [5, 5.41) is 11.0. The molecule has 1 fully saturated rings. The van der Waals surface area contributed by atoms with Crippen molar-refractivity contribution in [3.63, 3.8) is 0 Å². The van der Waals surface area contributed by atoms with Crippen LogP contribution >= 0.6 is 0 Å². The average molecular weight is 263 g/mol. The van der Waals surface area contributed by atoms with Gasteiger partial charge < -0.3 is 5.11 Å². The lowest BCUT2D eigenvalue weighted by Gasteiger charge is -2.38. The molecule has 104 valence electrons. The molecule has 2 N–H and O–H groups in total. The van der Waals surface area contributed by atoms with Gasteiger partial charge in [0.25, 0.3) is 0 Å². The number of hydrogen-bond acceptors (Lipinski definition) is 3. The number of rotatable bonds is 3. The van der Waals surface area contributed by atoms with E-state index in [1.54, 1.807) is 6.07 Å². The number of carbonyl (C=O) groups is 1. The maximum absolute atomic E-state index is 10.6. The molecule has 0 saturated carbocycles. The zero-order valence-corrected chi connectivity index (χ0v) is 11.5. The van der Waals surface area contributed by atoms with Gasteiger partial charge in [0.15, 0.2) is 0 Å². The van der Waals surface area contributed by atoms with Gasteiger partial charge in [0.05, 0.1) is 5.69 Å². The molecule has 0 aliphatic carbocycles. The summed E-state index contributed by atoms with van der Waals surface area (Å²) in [7, 11) is 0. The van der Waals surface area contributed by atoms with Gasteiger partial charge in [-0.15, -0.1) is 0 Å². The summed E-state index contributed by atoms with van der Waals surface area (Å²) in [5.74, 6) is 0.391. The predicted octanol–water partition coefficient (Wildman–Crippen LogP) is 2.93. The van der Waals surface area contributed by atoms with E-state index >= 15 is 0 Å². The van der Waals surface area contributed by atoms with Crippen LogP contribution in [0.25, 0.3) is 0 Å². The molecule has 5 nitrogen and oxygen atoms in total. The fourth-order valence-electron chi connectivity index (χ4n) is 2.72. The maximum Gasteiger partial charge on any atom is 0.410 e. The molecule has 1 amide bonds. The Hall–Kier alpha value is -1.62. The summed E-state index contributed by atoms with van der Waals surface area (Å²) >= 11 is 0. The second-order valence-electron chi connectivity index (χ2n) is 5.25. The lowest BCUT2D eigenvalue weighted by Crippen LogP contribution is -2.43. The van der Waals surface area contributed by atoms with Crippen LogP contribution in [0.1, 0.15) is 38.8 Å². The third-order valence-corrected chi connectivity index (χ3v) is 3.76. The Labute approximate surface area is 113 Å². The van der Waals surface area contributed by atoms with Crippen molar-refractivity contribution in [3.8, 4) is 0 Å². The van der Waals surface area contributed by atoms with Crippen LogP contribution in [0, 0.1) is 0 Å². The molecule has 1 aromatic heterocycles. The van der Waals surface area contributed by atoms with Crippen LogP contribution in [0.4, 0.5) is 10.6 Å². The van der Waals surface area contributed by atoms with Crippen LogP contribution < -0.4 is 5.32 Å². The molecule has 1 aromatic rings. The van der Waals surface area contributed by atoms with Crippen LogP contribution in [0.15, 0.2) is 18.2 Å². The summed E-state index contributed by atoms with van der Waals surface area (Å²) in [6, 6.07) is 6.57. The molecule has 19 heavy (non-hydrogen) atoms. The SMILES string of the molecule is CC1CCCC(C)N1Cc1cccc(NC(=O)O)n1. The van der Waals surface area contributed by atoms with Crippen molar-refractivity contribution in [2.45, 2.75) is 51.7 Å². The van der Waals surface area contributed by atoms with Crippen molar-refractivity contribution in [2.75, 3.05) is 5.32 Å². The summed E-state index contributed by atoms with van der Waals surface area (Å²) in [6.07, 6.45) is 2.64. The van der Waals surface area contributed by atoms with Crippen LogP contribution in [0.5, 0.6) is 0 Å². The highest BCUT2D eigenvalue weighted by Crippen LogP contribution is 2.24. The van der Waals surface area contributed by atoms with E-state index in [1.165, 1.54) is 19.3 Å². The number of amides is 1. The van der Waals surface area contributed by atoms with E-state index in [0.717, 1.165) is 12.2 Å². The minimum Gasteiger partial charge on any atom is -0.465 e. The van der Waals surface area contributed by atoms with Gasteiger partial charge in [-0.2, -0.15) is 0 Å². The number of carboxylic acid groups (broad SMARTS) is 1. The molecule has 2 rings (SSSR count). The molecule has 1 aliphatic heterocycles. The maximum atomic E-state index is 10.6. The van der Waals surface area contributed by atoms with Gasteiger partial charge in [-0.25, -0.2) is 9.78 Å². The topological polar surface area (TPSA) is 65.5 Å². The normalized spacial score (nSPS) is 24.1. The van der Waals surface area contributed by atoms with Gasteiger partial charge in [0, 0.05) is 18.6 Å². The fraction of sp³-hybridized carbons (Fsp3) is 0.571. The van der Waals surface area contributed by atoms with Crippen molar-refractivity contribution in [1.29, 1.82) is 0 Å². The molecule has 1 aliphatic rings. The Morgan fingerprint density at radius 3 is 2.74 bits per heavy atom. The van der Waals surface area contributed by atoms with Gasteiger partial charge in [-0.05, 0) is 38.8 Å². The average Bonchev–Trinajstić information content (AvgIpc) is 2.34. The van der Waals surface area contributed by atoms with Crippen molar-refractivity contribution in [3.05, 3.63) is 23.9 Å². The lowest BCUT2D eigenvalue weighted by molar-refractivity contribution is 0.0939. The van der Waals surface area contributed by atoms with Gasteiger partial charge >= 0.3 is 6.09 Å². The van der Waals surface area contributed by atoms with Crippen molar-refractivity contribution < 1.29 is 9.90 Å². The second kappa shape index (κ2) is 6.02. The Morgan fingerprint density at radius 1 is 1.42 bits per heavy atom. The highest BCUT2D eigenvalue weighted by Gasteiger charge is 2.24. The number of nitrogens with one attached hydrogen (secondary N) is 1. The predicted molar refractivity (Wildman–Crippen MR) is 74.2 cm³/mol. The first-order valence-corrected chi connectivity index (χ1v) is 6.78. The minimum absolute atomic E-state index is 0.391. The number of pyridine rings is 1.